The average Bonchev–Trinajstić information content (AvgIpc) is 3.02. The van der Waals surface area contributed by atoms with Crippen LogP contribution in [0.4, 0.5) is 0 Å². The summed E-state index contributed by atoms with van der Waals surface area (Å²) in [5, 5.41) is 7.77. The summed E-state index contributed by atoms with van der Waals surface area (Å²) >= 11 is 0. The van der Waals surface area contributed by atoms with Gasteiger partial charge in [0.2, 0.25) is 5.91 Å². The number of hydrogen-bond donors (Lipinski definition) is 1. The SMILES string of the molecule is CCCn1nc(CCNC(=O)Cc2ccc(OCC)cc2)c2c1CCOC2. The number of hydrogen-bond acceptors (Lipinski definition) is 4. The molecule has 0 bridgehead atoms. The van der Waals surface area contributed by atoms with Crippen LogP contribution in [0.2, 0.25) is 0 Å². The quantitative estimate of drug-likeness (QED) is 0.736. The molecule has 6 nitrogen and oxygen atoms in total. The molecule has 146 valence electrons. The summed E-state index contributed by atoms with van der Waals surface area (Å²) in [7, 11) is 0. The standard InChI is InChI=1S/C21H29N3O3/c1-3-12-24-20-10-13-26-15-18(20)19(23-24)9-11-22-21(25)14-16-5-7-17(8-6-16)27-4-2/h5-8H,3-4,9-15H2,1-2H3,(H,22,25). The Hall–Kier alpha value is -2.34. The first-order valence-corrected chi connectivity index (χ1v) is 9.84. The molecule has 0 radical (unpaired) electrons. The minimum absolute atomic E-state index is 0.0252. The van der Waals surface area contributed by atoms with Crippen LogP contribution >= 0.6 is 0 Å². The first-order chi connectivity index (χ1) is 13.2. The van der Waals surface area contributed by atoms with Crippen molar-refractivity contribution in [2.24, 2.45) is 0 Å². The monoisotopic (exact) mass is 371 g/mol. The molecule has 0 fully saturated rings. The molecule has 1 aromatic heterocycles. The third kappa shape index (κ3) is 5.10. The summed E-state index contributed by atoms with van der Waals surface area (Å²) in [6.45, 7) is 7.68. The van der Waals surface area contributed by atoms with E-state index in [4.69, 9.17) is 14.6 Å². The minimum atomic E-state index is 0.0252. The molecule has 0 aliphatic carbocycles. The Kier molecular flexibility index (Phi) is 6.87. The van der Waals surface area contributed by atoms with Crippen molar-refractivity contribution in [2.75, 3.05) is 19.8 Å². The lowest BCUT2D eigenvalue weighted by molar-refractivity contribution is -0.120. The smallest absolute Gasteiger partial charge is 0.224 e. The number of fused-ring (bicyclic) bond motifs is 1. The van der Waals surface area contributed by atoms with Crippen molar-refractivity contribution in [1.82, 2.24) is 15.1 Å². The highest BCUT2D eigenvalue weighted by Gasteiger charge is 2.20. The van der Waals surface area contributed by atoms with E-state index in [1.54, 1.807) is 0 Å². The maximum atomic E-state index is 12.2. The molecule has 0 saturated heterocycles. The second-order valence-corrected chi connectivity index (χ2v) is 6.75. The zero-order chi connectivity index (χ0) is 19.1. The highest BCUT2D eigenvalue weighted by molar-refractivity contribution is 5.78. The van der Waals surface area contributed by atoms with Crippen LogP contribution < -0.4 is 10.1 Å². The minimum Gasteiger partial charge on any atom is -0.494 e. The number of carbonyl (C=O) groups is 1. The van der Waals surface area contributed by atoms with Crippen molar-refractivity contribution in [2.45, 2.75) is 52.7 Å². The number of benzene rings is 1. The van der Waals surface area contributed by atoms with E-state index in [2.05, 4.69) is 16.9 Å². The first kappa shape index (κ1) is 19.4. The Bertz CT molecular complexity index is 753. The summed E-state index contributed by atoms with van der Waals surface area (Å²) in [5.74, 6) is 0.855. The fraction of sp³-hybridized carbons (Fsp3) is 0.524. The van der Waals surface area contributed by atoms with Gasteiger partial charge in [0, 0.05) is 37.2 Å². The largest absolute Gasteiger partial charge is 0.494 e. The lowest BCUT2D eigenvalue weighted by atomic mass is 10.1. The van der Waals surface area contributed by atoms with Crippen molar-refractivity contribution >= 4 is 5.91 Å². The van der Waals surface area contributed by atoms with Crippen molar-refractivity contribution in [3.63, 3.8) is 0 Å². The predicted molar refractivity (Wildman–Crippen MR) is 104 cm³/mol. The molecule has 2 aromatic rings. The number of nitrogens with one attached hydrogen (secondary N) is 1. The van der Waals surface area contributed by atoms with Crippen LogP contribution in [0.5, 0.6) is 5.75 Å². The molecular formula is C21H29N3O3. The van der Waals surface area contributed by atoms with Gasteiger partial charge in [-0.05, 0) is 31.0 Å². The third-order valence-electron chi connectivity index (χ3n) is 4.70. The Labute approximate surface area is 160 Å². The molecule has 0 spiro atoms. The van der Waals surface area contributed by atoms with Crippen LogP contribution in [-0.4, -0.2) is 35.4 Å². The van der Waals surface area contributed by atoms with Crippen molar-refractivity contribution in [3.05, 3.63) is 46.8 Å². The number of nitrogens with zero attached hydrogens (tertiary/aromatic N) is 2. The second kappa shape index (κ2) is 9.55. The molecule has 1 aliphatic heterocycles. The average molecular weight is 371 g/mol. The molecule has 1 amide bonds. The lowest BCUT2D eigenvalue weighted by Gasteiger charge is -2.15. The number of rotatable bonds is 9. The van der Waals surface area contributed by atoms with Crippen LogP contribution in [0.3, 0.4) is 0 Å². The molecule has 1 aromatic carbocycles. The van der Waals surface area contributed by atoms with Gasteiger partial charge in [-0.3, -0.25) is 9.48 Å². The molecule has 1 aliphatic rings. The van der Waals surface area contributed by atoms with E-state index in [0.717, 1.165) is 49.4 Å². The van der Waals surface area contributed by atoms with Gasteiger partial charge < -0.3 is 14.8 Å². The van der Waals surface area contributed by atoms with Gasteiger partial charge in [0.15, 0.2) is 0 Å². The Morgan fingerprint density at radius 3 is 2.85 bits per heavy atom. The lowest BCUT2D eigenvalue weighted by Crippen LogP contribution is -2.27. The van der Waals surface area contributed by atoms with Gasteiger partial charge in [-0.1, -0.05) is 19.1 Å². The molecule has 3 rings (SSSR count). The van der Waals surface area contributed by atoms with E-state index in [-0.39, 0.29) is 5.91 Å². The Balaban J connectivity index is 1.51. The molecule has 27 heavy (non-hydrogen) atoms. The Morgan fingerprint density at radius 1 is 1.30 bits per heavy atom. The van der Waals surface area contributed by atoms with Crippen LogP contribution in [0.15, 0.2) is 24.3 Å². The number of amides is 1. The van der Waals surface area contributed by atoms with E-state index in [1.165, 1.54) is 11.3 Å². The number of carbonyl (C=O) groups excluding carboxylic acids is 1. The third-order valence-corrected chi connectivity index (χ3v) is 4.70. The van der Waals surface area contributed by atoms with Gasteiger partial charge >= 0.3 is 0 Å². The topological polar surface area (TPSA) is 65.4 Å². The van der Waals surface area contributed by atoms with Gasteiger partial charge in [-0.2, -0.15) is 5.10 Å². The van der Waals surface area contributed by atoms with Crippen molar-refractivity contribution < 1.29 is 14.3 Å². The molecular weight excluding hydrogens is 342 g/mol. The molecule has 0 unspecified atom stereocenters. The summed E-state index contributed by atoms with van der Waals surface area (Å²) in [4.78, 5) is 12.2. The predicted octanol–water partition coefficient (Wildman–Crippen LogP) is 2.67. The highest BCUT2D eigenvalue weighted by Crippen LogP contribution is 2.21. The van der Waals surface area contributed by atoms with Gasteiger partial charge in [0.05, 0.1) is 31.9 Å². The second-order valence-electron chi connectivity index (χ2n) is 6.75. The summed E-state index contributed by atoms with van der Waals surface area (Å²) in [6, 6.07) is 7.67. The highest BCUT2D eigenvalue weighted by atomic mass is 16.5. The summed E-state index contributed by atoms with van der Waals surface area (Å²) in [5.41, 5.74) is 4.56. The normalized spacial score (nSPS) is 13.3. The molecule has 1 N–H and O–H groups in total. The van der Waals surface area contributed by atoms with E-state index >= 15 is 0 Å². The molecule has 0 saturated carbocycles. The van der Waals surface area contributed by atoms with Crippen LogP contribution in [0.1, 0.15) is 42.8 Å². The maximum absolute atomic E-state index is 12.2. The van der Waals surface area contributed by atoms with E-state index in [0.29, 0.717) is 26.2 Å². The number of aromatic nitrogens is 2. The molecule has 0 atom stereocenters. The van der Waals surface area contributed by atoms with Gasteiger partial charge in [-0.25, -0.2) is 0 Å². The van der Waals surface area contributed by atoms with Crippen molar-refractivity contribution in [3.8, 4) is 5.75 Å². The van der Waals surface area contributed by atoms with Crippen LogP contribution in [0, 0.1) is 0 Å². The Morgan fingerprint density at radius 2 is 2.11 bits per heavy atom. The zero-order valence-corrected chi connectivity index (χ0v) is 16.3. The van der Waals surface area contributed by atoms with Gasteiger partial charge in [-0.15, -0.1) is 0 Å². The van der Waals surface area contributed by atoms with Gasteiger partial charge in [0.1, 0.15) is 5.75 Å². The molecule has 2 heterocycles. The van der Waals surface area contributed by atoms with E-state index in [9.17, 15) is 4.79 Å². The summed E-state index contributed by atoms with van der Waals surface area (Å²) in [6.07, 6.45) is 3.09. The first-order valence-electron chi connectivity index (χ1n) is 9.84. The molecule has 6 heteroatoms. The number of ether oxygens (including phenoxy) is 2. The number of aryl methyl sites for hydroxylation is 1. The fourth-order valence-electron chi connectivity index (χ4n) is 3.41. The van der Waals surface area contributed by atoms with E-state index < -0.39 is 0 Å². The summed E-state index contributed by atoms with van der Waals surface area (Å²) < 4.78 is 13.2. The maximum Gasteiger partial charge on any atom is 0.224 e. The van der Waals surface area contributed by atoms with Crippen molar-refractivity contribution in [1.29, 1.82) is 0 Å². The van der Waals surface area contributed by atoms with E-state index in [1.807, 2.05) is 31.2 Å². The van der Waals surface area contributed by atoms with Gasteiger partial charge in [0.25, 0.3) is 0 Å². The van der Waals surface area contributed by atoms with Crippen LogP contribution in [-0.2, 0) is 41.9 Å². The van der Waals surface area contributed by atoms with Crippen LogP contribution in [0.25, 0.3) is 0 Å². The fourth-order valence-corrected chi connectivity index (χ4v) is 3.41. The zero-order valence-electron chi connectivity index (χ0n) is 16.3.